The van der Waals surface area contributed by atoms with E-state index in [4.69, 9.17) is 4.74 Å². The number of aliphatic hydroxyl groups is 1. The Bertz CT molecular complexity index is 405. The minimum Gasteiger partial charge on any atom is -0.495 e. The fourth-order valence-corrected chi connectivity index (χ4v) is 3.24. The Hall–Kier alpha value is -1.07. The number of hydrogen-bond acceptors (Lipinski definition) is 4. The maximum atomic E-state index is 12.2. The largest absolute Gasteiger partial charge is 0.495 e. The van der Waals surface area contributed by atoms with Gasteiger partial charge >= 0.3 is 0 Å². The zero-order chi connectivity index (χ0) is 13.0. The summed E-state index contributed by atoms with van der Waals surface area (Å²) in [4.78, 5) is 12.8. The SMILES string of the molecule is COc1ccsc1C(=O)NC1CCCCC1CO. The molecule has 0 saturated heterocycles. The molecule has 2 rings (SSSR count). The van der Waals surface area contributed by atoms with Crippen LogP contribution in [-0.2, 0) is 0 Å². The predicted octanol–water partition coefficient (Wildman–Crippen LogP) is 2.04. The number of carbonyl (C=O) groups is 1. The normalized spacial score (nSPS) is 23.7. The van der Waals surface area contributed by atoms with Gasteiger partial charge in [0.1, 0.15) is 10.6 Å². The smallest absolute Gasteiger partial charge is 0.265 e. The fourth-order valence-electron chi connectivity index (χ4n) is 2.47. The van der Waals surface area contributed by atoms with Gasteiger partial charge in [0.05, 0.1) is 7.11 Å². The summed E-state index contributed by atoms with van der Waals surface area (Å²) >= 11 is 1.38. The standard InChI is InChI=1S/C13H19NO3S/c1-17-11-6-7-18-12(11)13(16)14-10-5-3-2-4-9(10)8-15/h6-7,9-10,15H,2-5,8H2,1H3,(H,14,16). The first-order valence-corrected chi connectivity index (χ1v) is 7.17. The molecule has 1 amide bonds. The minimum absolute atomic E-state index is 0.0862. The average Bonchev–Trinajstić information content (AvgIpc) is 2.87. The molecule has 0 radical (unpaired) electrons. The van der Waals surface area contributed by atoms with Crippen LogP contribution in [0.3, 0.4) is 0 Å². The summed E-state index contributed by atoms with van der Waals surface area (Å²) in [5.41, 5.74) is 0. The lowest BCUT2D eigenvalue weighted by Gasteiger charge is -2.30. The van der Waals surface area contributed by atoms with E-state index in [1.54, 1.807) is 13.2 Å². The van der Waals surface area contributed by atoms with E-state index in [-0.39, 0.29) is 24.5 Å². The molecule has 2 N–H and O–H groups in total. The molecule has 1 heterocycles. The van der Waals surface area contributed by atoms with Crippen LogP contribution in [0, 0.1) is 5.92 Å². The molecule has 0 spiro atoms. The lowest BCUT2D eigenvalue weighted by atomic mass is 9.85. The van der Waals surface area contributed by atoms with Crippen molar-refractivity contribution in [2.75, 3.05) is 13.7 Å². The van der Waals surface area contributed by atoms with Crippen LogP contribution >= 0.6 is 11.3 Å². The monoisotopic (exact) mass is 269 g/mol. The van der Waals surface area contributed by atoms with Gasteiger partial charge in [-0.25, -0.2) is 0 Å². The maximum Gasteiger partial charge on any atom is 0.265 e. The topological polar surface area (TPSA) is 58.6 Å². The highest BCUT2D eigenvalue weighted by atomic mass is 32.1. The van der Waals surface area contributed by atoms with Gasteiger partial charge in [-0.15, -0.1) is 11.3 Å². The van der Waals surface area contributed by atoms with Crippen LogP contribution < -0.4 is 10.1 Å². The van der Waals surface area contributed by atoms with E-state index in [0.29, 0.717) is 10.6 Å². The quantitative estimate of drug-likeness (QED) is 0.879. The number of rotatable bonds is 4. The van der Waals surface area contributed by atoms with E-state index in [0.717, 1.165) is 25.7 Å². The van der Waals surface area contributed by atoms with Crippen molar-refractivity contribution < 1.29 is 14.6 Å². The van der Waals surface area contributed by atoms with Crippen LogP contribution in [0.4, 0.5) is 0 Å². The van der Waals surface area contributed by atoms with Crippen molar-refractivity contribution in [3.63, 3.8) is 0 Å². The van der Waals surface area contributed by atoms with Crippen molar-refractivity contribution in [1.82, 2.24) is 5.32 Å². The Morgan fingerprint density at radius 3 is 3.06 bits per heavy atom. The second-order valence-corrected chi connectivity index (χ2v) is 5.54. The van der Waals surface area contributed by atoms with Crippen molar-refractivity contribution in [3.8, 4) is 5.75 Å². The molecule has 2 atom stereocenters. The molecule has 1 aliphatic rings. The van der Waals surface area contributed by atoms with Crippen LogP contribution in [0.5, 0.6) is 5.75 Å². The van der Waals surface area contributed by atoms with Gasteiger partial charge in [0.2, 0.25) is 0 Å². The number of nitrogens with one attached hydrogen (secondary N) is 1. The predicted molar refractivity (Wildman–Crippen MR) is 71.2 cm³/mol. The van der Waals surface area contributed by atoms with Gasteiger partial charge in [0.25, 0.3) is 5.91 Å². The zero-order valence-corrected chi connectivity index (χ0v) is 11.3. The van der Waals surface area contributed by atoms with Crippen molar-refractivity contribution in [3.05, 3.63) is 16.3 Å². The summed E-state index contributed by atoms with van der Waals surface area (Å²) in [7, 11) is 1.57. The van der Waals surface area contributed by atoms with Crippen LogP contribution in [-0.4, -0.2) is 30.8 Å². The number of thiophene rings is 1. The Balaban J connectivity index is 2.02. The molecule has 0 aromatic carbocycles. The number of hydrogen-bond donors (Lipinski definition) is 2. The second-order valence-electron chi connectivity index (χ2n) is 4.63. The summed E-state index contributed by atoms with van der Waals surface area (Å²) < 4.78 is 5.15. The molecule has 1 aromatic rings. The first-order valence-electron chi connectivity index (χ1n) is 6.29. The molecule has 5 heteroatoms. The van der Waals surface area contributed by atoms with Gasteiger partial charge in [-0.3, -0.25) is 4.79 Å². The molecule has 1 saturated carbocycles. The Kier molecular flexibility index (Phi) is 4.60. The summed E-state index contributed by atoms with van der Waals surface area (Å²) in [5.74, 6) is 0.717. The maximum absolute atomic E-state index is 12.2. The van der Waals surface area contributed by atoms with Crippen molar-refractivity contribution in [1.29, 1.82) is 0 Å². The Morgan fingerprint density at radius 2 is 2.33 bits per heavy atom. The molecular formula is C13H19NO3S. The lowest BCUT2D eigenvalue weighted by molar-refractivity contribution is 0.0874. The minimum atomic E-state index is -0.0906. The molecule has 1 aliphatic carbocycles. The molecule has 18 heavy (non-hydrogen) atoms. The third kappa shape index (κ3) is 2.84. The number of amides is 1. The molecule has 100 valence electrons. The Morgan fingerprint density at radius 1 is 1.56 bits per heavy atom. The van der Waals surface area contributed by atoms with E-state index in [9.17, 15) is 9.90 Å². The Labute approximate surface area is 111 Å². The van der Waals surface area contributed by atoms with Crippen LogP contribution in [0.1, 0.15) is 35.4 Å². The van der Waals surface area contributed by atoms with E-state index in [1.165, 1.54) is 11.3 Å². The first-order chi connectivity index (χ1) is 8.76. The summed E-state index contributed by atoms with van der Waals surface area (Å²) in [6, 6.07) is 1.88. The van der Waals surface area contributed by atoms with Gasteiger partial charge in [-0.05, 0) is 24.3 Å². The van der Waals surface area contributed by atoms with Crippen LogP contribution in [0.2, 0.25) is 0 Å². The summed E-state index contributed by atoms with van der Waals surface area (Å²) in [5, 5.41) is 14.2. The van der Waals surface area contributed by atoms with Gasteiger partial charge in [-0.1, -0.05) is 12.8 Å². The first kappa shape index (κ1) is 13.4. The molecule has 0 aliphatic heterocycles. The van der Waals surface area contributed by atoms with Crippen molar-refractivity contribution in [2.45, 2.75) is 31.7 Å². The van der Waals surface area contributed by atoms with Gasteiger partial charge in [-0.2, -0.15) is 0 Å². The molecule has 1 fully saturated rings. The van der Waals surface area contributed by atoms with E-state index in [2.05, 4.69) is 5.32 Å². The number of ether oxygens (including phenoxy) is 1. The second kappa shape index (κ2) is 6.20. The van der Waals surface area contributed by atoms with Crippen molar-refractivity contribution >= 4 is 17.2 Å². The fraction of sp³-hybridized carbons (Fsp3) is 0.615. The van der Waals surface area contributed by atoms with Crippen LogP contribution in [0.15, 0.2) is 11.4 Å². The molecular weight excluding hydrogens is 250 g/mol. The van der Waals surface area contributed by atoms with Crippen molar-refractivity contribution in [2.24, 2.45) is 5.92 Å². The number of aliphatic hydroxyl groups excluding tert-OH is 1. The van der Waals surface area contributed by atoms with E-state index >= 15 is 0 Å². The molecule has 1 aromatic heterocycles. The summed E-state index contributed by atoms with van der Waals surface area (Å²) in [6.07, 6.45) is 4.19. The lowest BCUT2D eigenvalue weighted by Crippen LogP contribution is -2.43. The molecule has 2 unspecified atom stereocenters. The van der Waals surface area contributed by atoms with Gasteiger partial charge < -0.3 is 15.2 Å². The molecule has 4 nitrogen and oxygen atoms in total. The zero-order valence-electron chi connectivity index (χ0n) is 10.5. The van der Waals surface area contributed by atoms with E-state index in [1.807, 2.05) is 5.38 Å². The van der Waals surface area contributed by atoms with E-state index < -0.39 is 0 Å². The van der Waals surface area contributed by atoms with Crippen LogP contribution in [0.25, 0.3) is 0 Å². The third-order valence-electron chi connectivity index (χ3n) is 3.52. The highest BCUT2D eigenvalue weighted by Gasteiger charge is 2.27. The number of methoxy groups -OCH3 is 1. The van der Waals surface area contributed by atoms with Gasteiger partial charge in [0.15, 0.2) is 0 Å². The highest BCUT2D eigenvalue weighted by Crippen LogP contribution is 2.27. The van der Waals surface area contributed by atoms with Gasteiger partial charge in [0, 0.05) is 18.6 Å². The molecule has 0 bridgehead atoms. The average molecular weight is 269 g/mol. The third-order valence-corrected chi connectivity index (χ3v) is 4.41. The summed E-state index contributed by atoms with van der Waals surface area (Å²) in [6.45, 7) is 0.145. The highest BCUT2D eigenvalue weighted by molar-refractivity contribution is 7.12. The number of carbonyl (C=O) groups excluding carboxylic acids is 1.